The van der Waals surface area contributed by atoms with Gasteiger partial charge in [-0.2, -0.15) is 10.2 Å². The molecule has 10 nitrogen and oxygen atoms in total. The van der Waals surface area contributed by atoms with Crippen LogP contribution in [-0.2, 0) is 9.59 Å². The average molecular weight is 531 g/mol. The van der Waals surface area contributed by atoms with Crippen molar-refractivity contribution in [3.05, 3.63) is 53.7 Å². The minimum atomic E-state index is -0.577. The summed E-state index contributed by atoms with van der Waals surface area (Å²) in [6, 6.07) is 8.64. The monoisotopic (exact) mass is 530 g/mol. The molecule has 0 bridgehead atoms. The predicted octanol–water partition coefficient (Wildman–Crippen LogP) is 3.13. The molecule has 0 aliphatic rings. The molecule has 0 saturated heterocycles. The van der Waals surface area contributed by atoms with Crippen molar-refractivity contribution in [2.75, 3.05) is 51.4 Å². The Labute approximate surface area is 231 Å². The first kappa shape index (κ1) is 30.8. The highest BCUT2D eigenvalue weighted by atomic mass is 16.2. The summed E-state index contributed by atoms with van der Waals surface area (Å²) < 4.78 is 0. The van der Waals surface area contributed by atoms with E-state index in [1.54, 1.807) is 44.4 Å². The maximum atomic E-state index is 12.4. The summed E-state index contributed by atoms with van der Waals surface area (Å²) in [5, 5.41) is 18.4. The highest BCUT2D eigenvalue weighted by Crippen LogP contribution is 2.18. The van der Waals surface area contributed by atoms with Crippen molar-refractivity contribution in [3.63, 3.8) is 0 Å². The SMILES string of the molecule is CCCNc1nc(Nc2cccc(C#N)c2)ncc1C#CCCCNC(=O)[C@H](C)N(C)C(=O)/C=C/CN(C)C. The maximum absolute atomic E-state index is 12.4. The molecule has 0 saturated carbocycles. The molecule has 0 spiro atoms. The fraction of sp³-hybridized carbons (Fsp3) is 0.414. The number of unbranched alkanes of at least 4 members (excludes halogenated alkanes) is 1. The molecule has 10 heteroatoms. The van der Waals surface area contributed by atoms with E-state index in [0.717, 1.165) is 18.7 Å². The van der Waals surface area contributed by atoms with Gasteiger partial charge in [0.1, 0.15) is 11.9 Å². The van der Waals surface area contributed by atoms with Crippen LogP contribution in [0.25, 0.3) is 0 Å². The third kappa shape index (κ3) is 10.8. The summed E-state index contributed by atoms with van der Waals surface area (Å²) in [5.41, 5.74) is 1.95. The molecular weight excluding hydrogens is 492 g/mol. The number of carbonyl (C=O) groups excluding carboxylic acids is 2. The van der Waals surface area contributed by atoms with Crippen LogP contribution < -0.4 is 16.0 Å². The Balaban J connectivity index is 1.89. The summed E-state index contributed by atoms with van der Waals surface area (Å²) in [4.78, 5) is 37.0. The minimum Gasteiger partial charge on any atom is -0.369 e. The third-order valence-electron chi connectivity index (χ3n) is 5.62. The third-order valence-corrected chi connectivity index (χ3v) is 5.62. The normalized spacial score (nSPS) is 11.3. The van der Waals surface area contributed by atoms with Gasteiger partial charge < -0.3 is 25.8 Å². The number of carbonyl (C=O) groups is 2. The van der Waals surface area contributed by atoms with E-state index in [0.29, 0.717) is 48.8 Å². The Morgan fingerprint density at radius 2 is 2.00 bits per heavy atom. The number of nitrogens with zero attached hydrogens (tertiary/aromatic N) is 5. The van der Waals surface area contributed by atoms with Gasteiger partial charge in [0.15, 0.2) is 0 Å². The van der Waals surface area contributed by atoms with Crippen molar-refractivity contribution in [2.24, 2.45) is 0 Å². The van der Waals surface area contributed by atoms with E-state index in [1.807, 2.05) is 25.1 Å². The zero-order valence-electron chi connectivity index (χ0n) is 23.4. The number of likely N-dealkylation sites (N-methyl/N-ethyl adjacent to an activating group) is 2. The summed E-state index contributed by atoms with van der Waals surface area (Å²) in [7, 11) is 5.46. The number of amides is 2. The standard InChI is InChI=1S/C29H38N8O2/c1-6-16-31-27-24(21-33-29(35-27)34-25-14-10-12-23(19-25)20-30)13-8-7-9-17-32-28(39)22(2)37(5)26(38)15-11-18-36(3)4/h10-12,14-15,19,21-22H,6-7,9,16-18H2,1-5H3,(H,32,39)(H2,31,33,34,35)/b15-11+/t22-/m0/s1. The van der Waals surface area contributed by atoms with Gasteiger partial charge in [0.05, 0.1) is 23.4 Å². The van der Waals surface area contributed by atoms with Crippen LogP contribution in [0.4, 0.5) is 17.5 Å². The first-order chi connectivity index (χ1) is 18.7. The number of benzene rings is 1. The van der Waals surface area contributed by atoms with Crippen LogP contribution in [-0.4, -0.2) is 78.4 Å². The Bertz CT molecular complexity index is 1240. The largest absolute Gasteiger partial charge is 0.369 e. The van der Waals surface area contributed by atoms with E-state index in [9.17, 15) is 9.59 Å². The van der Waals surface area contributed by atoms with Crippen molar-refractivity contribution < 1.29 is 9.59 Å². The van der Waals surface area contributed by atoms with Gasteiger partial charge in [0.25, 0.3) is 0 Å². The number of anilines is 3. The number of nitrogens with one attached hydrogen (secondary N) is 3. The molecule has 0 radical (unpaired) electrons. The quantitative estimate of drug-likeness (QED) is 0.205. The van der Waals surface area contributed by atoms with Crippen molar-refractivity contribution in [3.8, 4) is 17.9 Å². The highest BCUT2D eigenvalue weighted by Gasteiger charge is 2.20. The van der Waals surface area contributed by atoms with Gasteiger partial charge in [0.2, 0.25) is 17.8 Å². The lowest BCUT2D eigenvalue weighted by atomic mass is 10.2. The molecule has 0 unspecified atom stereocenters. The van der Waals surface area contributed by atoms with Gasteiger partial charge in [-0.3, -0.25) is 9.59 Å². The first-order valence-corrected chi connectivity index (χ1v) is 13.0. The van der Waals surface area contributed by atoms with E-state index in [4.69, 9.17) is 5.26 Å². The predicted molar refractivity (Wildman–Crippen MR) is 154 cm³/mol. The highest BCUT2D eigenvalue weighted by molar-refractivity contribution is 5.92. The molecule has 1 aromatic carbocycles. The summed E-state index contributed by atoms with van der Waals surface area (Å²) in [6.07, 6.45) is 7.09. The number of nitriles is 1. The number of hydrogen-bond donors (Lipinski definition) is 3. The zero-order chi connectivity index (χ0) is 28.6. The molecule has 0 fully saturated rings. The Morgan fingerprint density at radius 1 is 1.21 bits per heavy atom. The van der Waals surface area contributed by atoms with Gasteiger partial charge >= 0.3 is 0 Å². The van der Waals surface area contributed by atoms with Crippen LogP contribution in [0.5, 0.6) is 0 Å². The van der Waals surface area contributed by atoms with Crippen LogP contribution in [0.3, 0.4) is 0 Å². The van der Waals surface area contributed by atoms with E-state index < -0.39 is 6.04 Å². The van der Waals surface area contributed by atoms with Crippen molar-refractivity contribution in [1.29, 1.82) is 5.26 Å². The van der Waals surface area contributed by atoms with Gasteiger partial charge in [-0.15, -0.1) is 0 Å². The van der Waals surface area contributed by atoms with Crippen molar-refractivity contribution >= 4 is 29.3 Å². The second-order valence-electron chi connectivity index (χ2n) is 9.19. The van der Waals surface area contributed by atoms with Crippen molar-refractivity contribution in [1.82, 2.24) is 25.1 Å². The topological polar surface area (TPSA) is 126 Å². The van der Waals surface area contributed by atoms with Gasteiger partial charge in [-0.05, 0) is 52.1 Å². The number of hydrogen-bond acceptors (Lipinski definition) is 8. The maximum Gasteiger partial charge on any atom is 0.246 e. The molecular formula is C29H38N8O2. The van der Waals surface area contributed by atoms with Crippen LogP contribution in [0.1, 0.15) is 44.2 Å². The fourth-order valence-corrected chi connectivity index (χ4v) is 3.25. The smallest absolute Gasteiger partial charge is 0.246 e. The molecule has 39 heavy (non-hydrogen) atoms. The zero-order valence-corrected chi connectivity index (χ0v) is 23.4. The van der Waals surface area contributed by atoms with Gasteiger partial charge in [0, 0.05) is 44.9 Å². The molecule has 0 aliphatic heterocycles. The van der Waals surface area contributed by atoms with Crippen molar-refractivity contribution in [2.45, 2.75) is 39.2 Å². The van der Waals surface area contributed by atoms with Crippen LogP contribution in [0.2, 0.25) is 0 Å². The molecule has 206 valence electrons. The van der Waals surface area contributed by atoms with E-state index >= 15 is 0 Å². The van der Waals surface area contributed by atoms with Crippen LogP contribution in [0.15, 0.2) is 42.6 Å². The molecule has 0 aliphatic carbocycles. The average Bonchev–Trinajstić information content (AvgIpc) is 2.93. The van der Waals surface area contributed by atoms with Crippen LogP contribution in [0, 0.1) is 23.2 Å². The first-order valence-electron chi connectivity index (χ1n) is 13.0. The second kappa shape index (κ2) is 16.4. The molecule has 1 aromatic heterocycles. The molecule has 1 atom stereocenters. The minimum absolute atomic E-state index is 0.206. The fourth-order valence-electron chi connectivity index (χ4n) is 3.25. The Morgan fingerprint density at radius 3 is 2.72 bits per heavy atom. The Hall–Kier alpha value is -4.41. The van der Waals surface area contributed by atoms with Gasteiger partial charge in [-0.25, -0.2) is 4.98 Å². The summed E-state index contributed by atoms with van der Waals surface area (Å²) >= 11 is 0. The molecule has 1 heterocycles. The summed E-state index contributed by atoms with van der Waals surface area (Å²) in [6.45, 7) is 5.62. The lowest BCUT2D eigenvalue weighted by Gasteiger charge is -2.23. The van der Waals surface area contributed by atoms with Gasteiger partial charge in [-0.1, -0.05) is 30.9 Å². The van der Waals surface area contributed by atoms with E-state index in [-0.39, 0.29) is 11.8 Å². The lowest BCUT2D eigenvalue weighted by molar-refractivity contribution is -0.135. The Kier molecular flexibility index (Phi) is 13.0. The molecule has 2 amide bonds. The van der Waals surface area contributed by atoms with E-state index in [2.05, 4.69) is 50.8 Å². The van der Waals surface area contributed by atoms with Crippen LogP contribution >= 0.6 is 0 Å². The number of aromatic nitrogens is 2. The molecule has 2 aromatic rings. The lowest BCUT2D eigenvalue weighted by Crippen LogP contribution is -2.45. The second-order valence-corrected chi connectivity index (χ2v) is 9.19. The molecule has 3 N–H and O–H groups in total. The number of rotatable bonds is 13. The summed E-state index contributed by atoms with van der Waals surface area (Å²) in [5.74, 6) is 6.86. The molecule has 2 rings (SSSR count). The van der Waals surface area contributed by atoms with E-state index in [1.165, 1.54) is 11.0 Å².